The van der Waals surface area contributed by atoms with Crippen LogP contribution in [0.15, 0.2) is 42.5 Å². The van der Waals surface area contributed by atoms with Crippen molar-refractivity contribution >= 4 is 40.4 Å². The first-order chi connectivity index (χ1) is 15.7. The van der Waals surface area contributed by atoms with Crippen molar-refractivity contribution in [2.75, 3.05) is 11.1 Å². The van der Waals surface area contributed by atoms with Crippen LogP contribution in [0.2, 0.25) is 0 Å². The first-order valence-corrected chi connectivity index (χ1v) is 10.7. The zero-order valence-electron chi connectivity index (χ0n) is 20.2. The van der Waals surface area contributed by atoms with Crippen molar-refractivity contribution in [3.05, 3.63) is 48.0 Å². The van der Waals surface area contributed by atoms with Gasteiger partial charge < -0.3 is 20.9 Å². The van der Waals surface area contributed by atoms with Gasteiger partial charge in [0, 0.05) is 16.8 Å². The van der Waals surface area contributed by atoms with Crippen molar-refractivity contribution in [3.63, 3.8) is 0 Å². The molecule has 0 aliphatic rings. The predicted molar refractivity (Wildman–Crippen MR) is 132 cm³/mol. The van der Waals surface area contributed by atoms with E-state index < -0.39 is 29.3 Å². The summed E-state index contributed by atoms with van der Waals surface area (Å²) in [6.45, 7) is 10.6. The maximum absolute atomic E-state index is 13.2. The van der Waals surface area contributed by atoms with Gasteiger partial charge in [-0.1, -0.05) is 12.1 Å². The molecule has 0 aliphatic carbocycles. The van der Waals surface area contributed by atoms with Crippen LogP contribution in [0, 0.1) is 0 Å². The highest BCUT2D eigenvalue weighted by Crippen LogP contribution is 2.36. The number of rotatable bonds is 3. The normalized spacial score (nSPS) is 11.8. The Morgan fingerprint density at radius 1 is 0.882 bits per heavy atom. The molecular weight excluding hydrogens is 436 g/mol. The molecule has 0 saturated carbocycles. The quantitative estimate of drug-likeness (QED) is 0.458. The average Bonchev–Trinajstić information content (AvgIpc) is 3.00. The van der Waals surface area contributed by atoms with E-state index in [2.05, 4.69) is 5.32 Å². The molecule has 0 atom stereocenters. The van der Waals surface area contributed by atoms with Gasteiger partial charge in [0.05, 0.1) is 16.8 Å². The Balaban J connectivity index is 2.15. The van der Waals surface area contributed by atoms with Crippen LogP contribution in [0.5, 0.6) is 0 Å². The maximum Gasteiger partial charge on any atom is 0.419 e. The van der Waals surface area contributed by atoms with Gasteiger partial charge in [0.25, 0.3) is 5.91 Å². The molecule has 0 spiro atoms. The van der Waals surface area contributed by atoms with E-state index in [1.165, 1.54) is 4.57 Å². The van der Waals surface area contributed by atoms with Gasteiger partial charge in [-0.15, -0.1) is 0 Å². The zero-order chi connectivity index (χ0) is 25.4. The topological polar surface area (TPSA) is 139 Å². The number of hydrogen-bond donors (Lipinski definition) is 3. The largest absolute Gasteiger partial charge is 0.444 e. The zero-order valence-corrected chi connectivity index (χ0v) is 20.2. The number of fused-ring (bicyclic) bond motifs is 1. The Morgan fingerprint density at radius 3 is 2.00 bits per heavy atom. The van der Waals surface area contributed by atoms with E-state index in [0.717, 1.165) is 0 Å². The molecule has 2 aromatic carbocycles. The van der Waals surface area contributed by atoms with Crippen molar-refractivity contribution in [1.29, 1.82) is 0 Å². The number of nitrogen functional groups attached to an aromatic ring is 1. The molecular formula is C25H30N4O5. The fraction of sp³-hybridized carbons (Fsp3) is 0.320. The molecule has 9 heteroatoms. The third-order valence-electron chi connectivity index (χ3n) is 4.62. The van der Waals surface area contributed by atoms with Gasteiger partial charge in [-0.05, 0) is 77.4 Å². The molecule has 0 saturated heterocycles. The van der Waals surface area contributed by atoms with Crippen LogP contribution in [0.4, 0.5) is 21.0 Å². The number of carbonyl (C=O) groups is 3. The van der Waals surface area contributed by atoms with Gasteiger partial charge >= 0.3 is 12.2 Å². The van der Waals surface area contributed by atoms with E-state index >= 15 is 0 Å². The number of nitrogens with one attached hydrogen (secondary N) is 1. The fourth-order valence-electron chi connectivity index (χ4n) is 3.46. The smallest absolute Gasteiger partial charge is 0.419 e. The molecule has 34 heavy (non-hydrogen) atoms. The first kappa shape index (κ1) is 24.6. The van der Waals surface area contributed by atoms with Crippen molar-refractivity contribution in [2.24, 2.45) is 5.73 Å². The number of aromatic nitrogens is 1. The van der Waals surface area contributed by atoms with Gasteiger partial charge in [-0.25, -0.2) is 14.2 Å². The summed E-state index contributed by atoms with van der Waals surface area (Å²) in [5, 5.41) is 3.08. The lowest BCUT2D eigenvalue weighted by atomic mass is 10.0. The molecule has 0 aliphatic heterocycles. The summed E-state index contributed by atoms with van der Waals surface area (Å²) in [5.41, 5.74) is 12.5. The number of nitrogens with zero attached hydrogens (tertiary/aromatic N) is 1. The highest BCUT2D eigenvalue weighted by atomic mass is 16.6. The highest BCUT2D eigenvalue weighted by Gasteiger charge is 2.29. The minimum Gasteiger partial charge on any atom is -0.444 e. The van der Waals surface area contributed by atoms with Crippen LogP contribution in [-0.4, -0.2) is 33.9 Å². The SMILES string of the molecule is CC(C)(C)OC(=O)Nc1ccc(-c2c(C(N)=O)c3cc(N)ccc3n2C(=O)OC(C)(C)C)cc1. The fourth-order valence-corrected chi connectivity index (χ4v) is 3.46. The molecule has 0 radical (unpaired) electrons. The third-order valence-corrected chi connectivity index (χ3v) is 4.62. The number of primary amides is 1. The number of benzene rings is 2. The third kappa shape index (κ3) is 5.48. The second-order valence-corrected chi connectivity index (χ2v) is 9.88. The number of anilines is 2. The summed E-state index contributed by atoms with van der Waals surface area (Å²) >= 11 is 0. The van der Waals surface area contributed by atoms with Crippen LogP contribution >= 0.6 is 0 Å². The lowest BCUT2D eigenvalue weighted by molar-refractivity contribution is 0.0546. The van der Waals surface area contributed by atoms with Crippen LogP contribution in [0.25, 0.3) is 22.2 Å². The molecule has 3 aromatic rings. The van der Waals surface area contributed by atoms with Crippen molar-refractivity contribution in [1.82, 2.24) is 4.57 Å². The molecule has 9 nitrogen and oxygen atoms in total. The second-order valence-electron chi connectivity index (χ2n) is 9.88. The van der Waals surface area contributed by atoms with Crippen LogP contribution in [0.3, 0.4) is 0 Å². The highest BCUT2D eigenvalue weighted by molar-refractivity contribution is 6.15. The Labute approximate surface area is 198 Å². The monoisotopic (exact) mass is 466 g/mol. The molecule has 180 valence electrons. The first-order valence-electron chi connectivity index (χ1n) is 10.7. The van der Waals surface area contributed by atoms with Gasteiger partial charge in [0.2, 0.25) is 0 Å². The predicted octanol–water partition coefficient (Wildman–Crippen LogP) is 5.12. The maximum atomic E-state index is 13.2. The molecule has 0 unspecified atom stereocenters. The van der Waals surface area contributed by atoms with Gasteiger partial charge in [-0.3, -0.25) is 10.1 Å². The average molecular weight is 467 g/mol. The molecule has 1 aromatic heterocycles. The van der Waals surface area contributed by atoms with Crippen LogP contribution in [-0.2, 0) is 9.47 Å². The molecule has 5 N–H and O–H groups in total. The number of nitrogens with two attached hydrogens (primary N) is 2. The van der Waals surface area contributed by atoms with E-state index in [-0.39, 0.29) is 11.3 Å². The Kier molecular flexibility index (Phi) is 6.33. The summed E-state index contributed by atoms with van der Waals surface area (Å²) in [6.07, 6.45) is -1.27. The second kappa shape index (κ2) is 8.74. The van der Waals surface area contributed by atoms with Crippen LogP contribution in [0.1, 0.15) is 51.9 Å². The van der Waals surface area contributed by atoms with Crippen molar-refractivity contribution in [3.8, 4) is 11.3 Å². The summed E-state index contributed by atoms with van der Waals surface area (Å²) in [4.78, 5) is 37.8. The summed E-state index contributed by atoms with van der Waals surface area (Å²) < 4.78 is 12.2. The van der Waals surface area contributed by atoms with Crippen molar-refractivity contribution < 1.29 is 23.9 Å². The summed E-state index contributed by atoms with van der Waals surface area (Å²) in [7, 11) is 0. The molecule has 1 heterocycles. The molecule has 2 amide bonds. The number of hydrogen-bond acceptors (Lipinski definition) is 6. The summed E-state index contributed by atoms with van der Waals surface area (Å²) in [5.74, 6) is -0.719. The molecule has 3 rings (SSSR count). The Morgan fingerprint density at radius 2 is 1.47 bits per heavy atom. The van der Waals surface area contributed by atoms with E-state index in [1.54, 1.807) is 84.0 Å². The number of carbonyl (C=O) groups excluding carboxylic acids is 3. The minimum absolute atomic E-state index is 0.140. The summed E-state index contributed by atoms with van der Waals surface area (Å²) in [6, 6.07) is 11.5. The van der Waals surface area contributed by atoms with E-state index in [9.17, 15) is 14.4 Å². The Hall–Kier alpha value is -4.01. The van der Waals surface area contributed by atoms with Crippen molar-refractivity contribution in [2.45, 2.75) is 52.7 Å². The van der Waals surface area contributed by atoms with E-state index in [1.807, 2.05) is 0 Å². The van der Waals surface area contributed by atoms with Gasteiger partial charge in [0.1, 0.15) is 11.2 Å². The number of ether oxygens (including phenoxy) is 2. The minimum atomic E-state index is -0.771. The van der Waals surface area contributed by atoms with Gasteiger partial charge in [0.15, 0.2) is 0 Å². The lowest BCUT2D eigenvalue weighted by Crippen LogP contribution is -2.27. The Bertz CT molecular complexity index is 1260. The molecule has 0 bridgehead atoms. The van der Waals surface area contributed by atoms with Gasteiger partial charge in [-0.2, -0.15) is 0 Å². The standard InChI is InChI=1S/C25H30N4O5/c1-24(2,3)33-22(31)28-16-10-7-14(8-11-16)20-19(21(27)30)17-13-15(26)9-12-18(17)29(20)23(32)34-25(4,5)6/h7-13H,26H2,1-6H3,(H2,27,30)(H,28,31). The van der Waals surface area contributed by atoms with E-state index in [4.69, 9.17) is 20.9 Å². The van der Waals surface area contributed by atoms with Crippen LogP contribution < -0.4 is 16.8 Å². The number of amides is 2. The molecule has 0 fully saturated rings. The lowest BCUT2D eigenvalue weighted by Gasteiger charge is -2.21. The van der Waals surface area contributed by atoms with E-state index in [0.29, 0.717) is 27.8 Å².